The van der Waals surface area contributed by atoms with Crippen LogP contribution >= 0.6 is 0 Å². The summed E-state index contributed by atoms with van der Waals surface area (Å²) in [6.45, 7) is 5.90. The second-order valence-corrected chi connectivity index (χ2v) is 2.53. The van der Waals surface area contributed by atoms with Crippen LogP contribution in [-0.4, -0.2) is 11.9 Å². The third kappa shape index (κ3) is 328. The van der Waals surface area contributed by atoms with Crippen molar-refractivity contribution in [3.63, 3.8) is 0 Å². The van der Waals surface area contributed by atoms with Crippen molar-refractivity contribution in [1.82, 2.24) is 0 Å². The van der Waals surface area contributed by atoms with Gasteiger partial charge < -0.3 is 11.5 Å². The molecule has 0 aromatic rings. The molecule has 0 aliphatic carbocycles. The summed E-state index contributed by atoms with van der Waals surface area (Å²) in [4.78, 5) is 0. The Balaban J connectivity index is 0. The van der Waals surface area contributed by atoms with Gasteiger partial charge in [-0.3, -0.25) is 5.41 Å². The molecule has 8 heavy (non-hydrogen) atoms. The lowest BCUT2D eigenvalue weighted by Crippen LogP contribution is -2.26. The van der Waals surface area contributed by atoms with Crippen LogP contribution in [0.25, 0.3) is 0 Å². The van der Waals surface area contributed by atoms with Crippen molar-refractivity contribution < 1.29 is 0 Å². The minimum atomic E-state index is 0. The van der Waals surface area contributed by atoms with Crippen LogP contribution < -0.4 is 11.5 Å². The van der Waals surface area contributed by atoms with E-state index in [0.29, 0.717) is 0 Å². The normalized spacial score (nSPS) is 9.00. The predicted molar refractivity (Wildman–Crippen MR) is 36.9 cm³/mol. The monoisotopic (exact) mass is 117 g/mol. The molecule has 0 spiro atoms. The molecule has 0 aromatic carbocycles. The SMILES string of the molecule is CC(C)(C)N.N=CN. The van der Waals surface area contributed by atoms with E-state index in [0.717, 1.165) is 6.34 Å². The van der Waals surface area contributed by atoms with E-state index >= 15 is 0 Å². The molecule has 0 aliphatic heterocycles. The summed E-state index contributed by atoms with van der Waals surface area (Å²) in [7, 11) is 0. The van der Waals surface area contributed by atoms with E-state index in [1.54, 1.807) is 0 Å². The molecular formula is C5H15N3. The summed E-state index contributed by atoms with van der Waals surface area (Å²) >= 11 is 0. The first-order chi connectivity index (χ1) is 3.41. The molecule has 0 radical (unpaired) electrons. The zero-order valence-corrected chi connectivity index (χ0v) is 5.73. The first-order valence-corrected chi connectivity index (χ1v) is 2.41. The zero-order valence-electron chi connectivity index (χ0n) is 5.73. The first kappa shape index (κ1) is 10.4. The fourth-order valence-electron chi connectivity index (χ4n) is 0. The maximum atomic E-state index is 5.86. The maximum absolute atomic E-state index is 5.86. The molecule has 0 amide bonds. The molecule has 0 rings (SSSR count). The van der Waals surface area contributed by atoms with Gasteiger partial charge in [0.25, 0.3) is 0 Å². The maximum Gasteiger partial charge on any atom is 0.0765 e. The highest BCUT2D eigenvalue weighted by Gasteiger charge is 1.95. The Kier molecular flexibility index (Phi) is 5.97. The number of nitrogens with one attached hydrogen (secondary N) is 1. The van der Waals surface area contributed by atoms with Gasteiger partial charge in [0.15, 0.2) is 0 Å². The quantitative estimate of drug-likeness (QED) is 0.315. The van der Waals surface area contributed by atoms with Crippen LogP contribution in [0.3, 0.4) is 0 Å². The topological polar surface area (TPSA) is 75.9 Å². The molecule has 0 heterocycles. The minimum Gasteiger partial charge on any atom is -0.390 e. The van der Waals surface area contributed by atoms with E-state index in [2.05, 4.69) is 5.73 Å². The largest absolute Gasteiger partial charge is 0.390 e. The van der Waals surface area contributed by atoms with Crippen LogP contribution in [-0.2, 0) is 0 Å². The van der Waals surface area contributed by atoms with Gasteiger partial charge in [-0.2, -0.15) is 0 Å². The summed E-state index contributed by atoms with van der Waals surface area (Å²) in [5.41, 5.74) is 9.74. The Morgan fingerprint density at radius 2 is 1.38 bits per heavy atom. The Labute approximate surface area is 50.6 Å². The molecule has 50 valence electrons. The van der Waals surface area contributed by atoms with Crippen LogP contribution in [0.4, 0.5) is 0 Å². The van der Waals surface area contributed by atoms with E-state index in [1.807, 2.05) is 20.8 Å². The summed E-state index contributed by atoms with van der Waals surface area (Å²) in [5.74, 6) is 0. The molecular weight excluding hydrogens is 102 g/mol. The standard InChI is InChI=1S/C4H11N.CH4N2/c1-4(2,3)5;2-1-3/h5H2,1-3H3;1H,(H3,2,3). The number of hydrogen-bond donors (Lipinski definition) is 3. The smallest absolute Gasteiger partial charge is 0.0765 e. The Morgan fingerprint density at radius 3 is 1.38 bits per heavy atom. The number of rotatable bonds is 0. The fourth-order valence-corrected chi connectivity index (χ4v) is 0. The highest BCUT2D eigenvalue weighted by molar-refractivity contribution is 5.46. The number of nitrogens with two attached hydrogens (primary N) is 2. The lowest BCUT2D eigenvalue weighted by molar-refractivity contribution is 0.580. The molecule has 0 fully saturated rings. The molecule has 0 bridgehead atoms. The second-order valence-electron chi connectivity index (χ2n) is 2.53. The number of hydrogen-bond acceptors (Lipinski definition) is 2. The van der Waals surface area contributed by atoms with Gasteiger partial charge >= 0.3 is 0 Å². The van der Waals surface area contributed by atoms with Gasteiger partial charge in [-0.15, -0.1) is 0 Å². The van der Waals surface area contributed by atoms with E-state index in [1.165, 1.54) is 0 Å². The Hall–Kier alpha value is -0.570. The Morgan fingerprint density at radius 1 is 1.38 bits per heavy atom. The van der Waals surface area contributed by atoms with Crippen molar-refractivity contribution in [1.29, 1.82) is 5.41 Å². The summed E-state index contributed by atoms with van der Waals surface area (Å²) in [6.07, 6.45) is 0.750. The van der Waals surface area contributed by atoms with Crippen LogP contribution in [0.1, 0.15) is 20.8 Å². The summed E-state index contributed by atoms with van der Waals surface area (Å²) in [5, 5.41) is 5.86. The summed E-state index contributed by atoms with van der Waals surface area (Å²) in [6, 6.07) is 0. The van der Waals surface area contributed by atoms with Gasteiger partial charge in [-0.1, -0.05) is 0 Å². The van der Waals surface area contributed by atoms with Crippen LogP contribution in [0.5, 0.6) is 0 Å². The van der Waals surface area contributed by atoms with Crippen LogP contribution in [0.2, 0.25) is 0 Å². The van der Waals surface area contributed by atoms with E-state index in [-0.39, 0.29) is 5.54 Å². The summed E-state index contributed by atoms with van der Waals surface area (Å²) < 4.78 is 0. The lowest BCUT2D eigenvalue weighted by atomic mass is 10.1. The second kappa shape index (κ2) is 4.59. The molecule has 0 aromatic heterocycles. The van der Waals surface area contributed by atoms with Gasteiger partial charge in [0.05, 0.1) is 6.34 Å². The van der Waals surface area contributed by atoms with Crippen molar-refractivity contribution >= 4 is 6.34 Å². The van der Waals surface area contributed by atoms with Crippen molar-refractivity contribution in [3.05, 3.63) is 0 Å². The molecule has 3 heteroatoms. The van der Waals surface area contributed by atoms with Gasteiger partial charge in [-0.05, 0) is 20.8 Å². The van der Waals surface area contributed by atoms with Crippen LogP contribution in [0.15, 0.2) is 0 Å². The molecule has 0 atom stereocenters. The van der Waals surface area contributed by atoms with E-state index < -0.39 is 0 Å². The van der Waals surface area contributed by atoms with Gasteiger partial charge in [-0.25, -0.2) is 0 Å². The van der Waals surface area contributed by atoms with Gasteiger partial charge in [0, 0.05) is 5.54 Å². The van der Waals surface area contributed by atoms with Crippen LogP contribution in [0, 0.1) is 5.41 Å². The van der Waals surface area contributed by atoms with Crippen molar-refractivity contribution in [3.8, 4) is 0 Å². The highest BCUT2D eigenvalue weighted by Crippen LogP contribution is 1.88. The zero-order chi connectivity index (χ0) is 7.21. The molecule has 0 saturated carbocycles. The molecule has 0 unspecified atom stereocenters. The Bertz CT molecular complexity index is 47.2. The van der Waals surface area contributed by atoms with Crippen molar-refractivity contribution in [2.75, 3.05) is 0 Å². The van der Waals surface area contributed by atoms with E-state index in [9.17, 15) is 0 Å². The molecule has 5 N–H and O–H groups in total. The van der Waals surface area contributed by atoms with Gasteiger partial charge in [0.2, 0.25) is 0 Å². The molecule has 0 saturated heterocycles. The third-order valence-corrected chi connectivity index (χ3v) is 0. The first-order valence-electron chi connectivity index (χ1n) is 2.41. The van der Waals surface area contributed by atoms with Crippen molar-refractivity contribution in [2.45, 2.75) is 26.3 Å². The van der Waals surface area contributed by atoms with Gasteiger partial charge in [0.1, 0.15) is 0 Å². The van der Waals surface area contributed by atoms with E-state index in [4.69, 9.17) is 11.1 Å². The predicted octanol–water partition coefficient (Wildman–Crippen LogP) is 0.296. The fraction of sp³-hybridized carbons (Fsp3) is 0.800. The molecule has 3 nitrogen and oxygen atoms in total. The average Bonchev–Trinajstić information content (AvgIpc) is 1.27. The lowest BCUT2D eigenvalue weighted by Gasteiger charge is -2.06. The average molecular weight is 117 g/mol. The van der Waals surface area contributed by atoms with Crippen molar-refractivity contribution in [2.24, 2.45) is 11.5 Å². The molecule has 0 aliphatic rings. The highest BCUT2D eigenvalue weighted by atomic mass is 14.7. The minimum absolute atomic E-state index is 0. The third-order valence-electron chi connectivity index (χ3n) is 0.